The third kappa shape index (κ3) is 5.05. The first-order valence-electron chi connectivity index (χ1n) is 8.54. The second-order valence-electron chi connectivity index (χ2n) is 6.11. The fourth-order valence-corrected chi connectivity index (χ4v) is 2.79. The van der Waals surface area contributed by atoms with Crippen LogP contribution in [0.3, 0.4) is 0 Å². The number of rotatable bonds is 6. The summed E-state index contributed by atoms with van der Waals surface area (Å²) in [5.74, 6) is -0.538. The minimum atomic E-state index is -0.321. The van der Waals surface area contributed by atoms with Gasteiger partial charge >= 0.3 is 0 Å². The number of anilines is 2. The van der Waals surface area contributed by atoms with E-state index in [9.17, 15) is 9.18 Å². The highest BCUT2D eigenvalue weighted by molar-refractivity contribution is 6.31. The Hall–Kier alpha value is -2.92. The largest absolute Gasteiger partial charge is 0.385 e. The highest BCUT2D eigenvalue weighted by atomic mass is 35.5. The topological polar surface area (TPSA) is 54.0 Å². The van der Waals surface area contributed by atoms with Gasteiger partial charge in [0.15, 0.2) is 0 Å². The van der Waals surface area contributed by atoms with Crippen LogP contribution in [0.2, 0.25) is 5.02 Å². The van der Waals surface area contributed by atoms with Gasteiger partial charge in [0, 0.05) is 29.1 Å². The van der Waals surface area contributed by atoms with Crippen LogP contribution in [0, 0.1) is 12.7 Å². The molecule has 0 aliphatic carbocycles. The number of benzene rings is 2. The fourth-order valence-electron chi connectivity index (χ4n) is 2.62. The van der Waals surface area contributed by atoms with Gasteiger partial charge in [-0.1, -0.05) is 35.9 Å². The number of hydrogen-bond acceptors (Lipinski definition) is 3. The molecular weight excluding hydrogens is 365 g/mol. The van der Waals surface area contributed by atoms with Crippen LogP contribution < -0.4 is 10.6 Å². The molecule has 3 rings (SSSR count). The number of nitrogens with zero attached hydrogens (tertiary/aromatic N) is 1. The number of carbonyl (C=O) groups excluding carboxylic acids is 1. The second kappa shape index (κ2) is 8.64. The van der Waals surface area contributed by atoms with E-state index in [4.69, 9.17) is 11.6 Å². The van der Waals surface area contributed by atoms with E-state index in [2.05, 4.69) is 15.6 Å². The summed E-state index contributed by atoms with van der Waals surface area (Å²) in [4.78, 5) is 16.6. The molecule has 0 bridgehead atoms. The summed E-state index contributed by atoms with van der Waals surface area (Å²) in [6.07, 6.45) is 2.10. The smallest absolute Gasteiger partial charge is 0.274 e. The number of amides is 1. The van der Waals surface area contributed by atoms with Gasteiger partial charge in [0.2, 0.25) is 0 Å². The molecule has 2 aromatic carbocycles. The summed E-state index contributed by atoms with van der Waals surface area (Å²) in [6.45, 7) is 2.43. The van der Waals surface area contributed by atoms with E-state index in [1.54, 1.807) is 42.6 Å². The molecule has 2 N–H and O–H groups in total. The van der Waals surface area contributed by atoms with E-state index in [1.165, 1.54) is 6.07 Å². The summed E-state index contributed by atoms with van der Waals surface area (Å²) in [5.41, 5.74) is 3.23. The zero-order valence-corrected chi connectivity index (χ0v) is 15.6. The van der Waals surface area contributed by atoms with Gasteiger partial charge in [-0.2, -0.15) is 0 Å². The Labute approximate surface area is 162 Å². The lowest BCUT2D eigenvalue weighted by molar-refractivity contribution is 0.102. The number of hydrogen-bond donors (Lipinski definition) is 2. The standard InChI is InChI=1S/C21H19ClFN3O/c1-14-6-7-16(22)12-19(14)26-21(27)20-13-17(9-11-25-20)24-10-8-15-4-2-3-5-18(15)23/h2-7,9,11-13H,8,10H2,1H3,(H,24,25)(H,26,27). The maximum Gasteiger partial charge on any atom is 0.274 e. The van der Waals surface area contributed by atoms with Crippen LogP contribution in [0.4, 0.5) is 15.8 Å². The quantitative estimate of drug-likeness (QED) is 0.623. The molecule has 0 radical (unpaired) electrons. The monoisotopic (exact) mass is 383 g/mol. The van der Waals surface area contributed by atoms with Crippen LogP contribution in [0.1, 0.15) is 21.6 Å². The Kier molecular flexibility index (Phi) is 6.04. The molecule has 138 valence electrons. The molecule has 0 aliphatic heterocycles. The van der Waals surface area contributed by atoms with Crippen molar-refractivity contribution < 1.29 is 9.18 Å². The summed E-state index contributed by atoms with van der Waals surface area (Å²) < 4.78 is 13.7. The predicted octanol–water partition coefficient (Wildman–Crippen LogP) is 5.09. The third-order valence-corrected chi connectivity index (χ3v) is 4.36. The minimum absolute atomic E-state index is 0.217. The van der Waals surface area contributed by atoms with E-state index in [0.717, 1.165) is 11.3 Å². The molecule has 3 aromatic rings. The van der Waals surface area contributed by atoms with Gasteiger partial charge in [0.05, 0.1) is 0 Å². The highest BCUT2D eigenvalue weighted by Gasteiger charge is 2.10. The lowest BCUT2D eigenvalue weighted by Crippen LogP contribution is -2.15. The first-order valence-corrected chi connectivity index (χ1v) is 8.91. The van der Waals surface area contributed by atoms with Crippen molar-refractivity contribution in [1.82, 2.24) is 4.98 Å². The Morgan fingerprint density at radius 1 is 1.15 bits per heavy atom. The molecule has 0 atom stereocenters. The molecule has 0 saturated carbocycles. The molecule has 1 heterocycles. The summed E-state index contributed by atoms with van der Waals surface area (Å²) in [7, 11) is 0. The average molecular weight is 384 g/mol. The van der Waals surface area contributed by atoms with Crippen LogP contribution in [0.25, 0.3) is 0 Å². The normalized spacial score (nSPS) is 10.5. The van der Waals surface area contributed by atoms with Crippen molar-refractivity contribution in [1.29, 1.82) is 0 Å². The first-order chi connectivity index (χ1) is 13.0. The molecule has 0 aliphatic rings. The molecule has 27 heavy (non-hydrogen) atoms. The van der Waals surface area contributed by atoms with E-state index in [0.29, 0.717) is 29.2 Å². The Morgan fingerprint density at radius 2 is 1.96 bits per heavy atom. The van der Waals surface area contributed by atoms with Gasteiger partial charge in [0.1, 0.15) is 11.5 Å². The van der Waals surface area contributed by atoms with E-state index in [1.807, 2.05) is 19.1 Å². The van der Waals surface area contributed by atoms with Gasteiger partial charge in [-0.3, -0.25) is 9.78 Å². The van der Waals surface area contributed by atoms with Gasteiger partial charge in [-0.15, -0.1) is 0 Å². The number of nitrogens with one attached hydrogen (secondary N) is 2. The van der Waals surface area contributed by atoms with E-state index < -0.39 is 0 Å². The highest BCUT2D eigenvalue weighted by Crippen LogP contribution is 2.21. The summed E-state index contributed by atoms with van der Waals surface area (Å²) >= 11 is 5.99. The van der Waals surface area contributed by atoms with Crippen molar-refractivity contribution in [3.05, 3.63) is 88.5 Å². The summed E-state index contributed by atoms with van der Waals surface area (Å²) in [6, 6.07) is 15.4. The second-order valence-corrected chi connectivity index (χ2v) is 6.55. The molecule has 0 spiro atoms. The maximum absolute atomic E-state index is 13.7. The average Bonchev–Trinajstić information content (AvgIpc) is 2.66. The van der Waals surface area contributed by atoms with Crippen molar-refractivity contribution >= 4 is 28.9 Å². The molecule has 0 fully saturated rings. The molecule has 6 heteroatoms. The number of aromatic nitrogens is 1. The van der Waals surface area contributed by atoms with Crippen LogP contribution in [-0.2, 0) is 6.42 Å². The summed E-state index contributed by atoms with van der Waals surface area (Å²) in [5, 5.41) is 6.56. The van der Waals surface area contributed by atoms with Gasteiger partial charge < -0.3 is 10.6 Å². The number of carbonyl (C=O) groups is 1. The van der Waals surface area contributed by atoms with Crippen molar-refractivity contribution in [3.8, 4) is 0 Å². The van der Waals surface area contributed by atoms with Crippen LogP contribution in [0.5, 0.6) is 0 Å². The van der Waals surface area contributed by atoms with Crippen molar-refractivity contribution in [2.24, 2.45) is 0 Å². The Balaban J connectivity index is 1.63. The van der Waals surface area contributed by atoms with Crippen molar-refractivity contribution in [2.45, 2.75) is 13.3 Å². The lowest BCUT2D eigenvalue weighted by atomic mass is 10.1. The Morgan fingerprint density at radius 3 is 2.78 bits per heavy atom. The predicted molar refractivity (Wildman–Crippen MR) is 107 cm³/mol. The SMILES string of the molecule is Cc1ccc(Cl)cc1NC(=O)c1cc(NCCc2ccccc2F)ccn1. The van der Waals surface area contributed by atoms with Gasteiger partial charge in [-0.05, 0) is 54.8 Å². The number of halogens is 2. The Bertz CT molecular complexity index is 962. The van der Waals surface area contributed by atoms with Crippen LogP contribution in [0.15, 0.2) is 60.8 Å². The number of aryl methyl sites for hydroxylation is 1. The van der Waals surface area contributed by atoms with Crippen molar-refractivity contribution in [3.63, 3.8) is 0 Å². The molecule has 0 saturated heterocycles. The fraction of sp³-hybridized carbons (Fsp3) is 0.143. The number of pyridine rings is 1. The van der Waals surface area contributed by atoms with Crippen molar-refractivity contribution in [2.75, 3.05) is 17.2 Å². The molecule has 0 unspecified atom stereocenters. The molecule has 1 amide bonds. The van der Waals surface area contributed by atoms with E-state index >= 15 is 0 Å². The van der Waals surface area contributed by atoms with Gasteiger partial charge in [0.25, 0.3) is 5.91 Å². The molecule has 4 nitrogen and oxygen atoms in total. The molecule has 1 aromatic heterocycles. The zero-order chi connectivity index (χ0) is 19.2. The first kappa shape index (κ1) is 18.9. The zero-order valence-electron chi connectivity index (χ0n) is 14.8. The maximum atomic E-state index is 13.7. The minimum Gasteiger partial charge on any atom is -0.385 e. The van der Waals surface area contributed by atoms with Crippen LogP contribution in [-0.4, -0.2) is 17.4 Å². The van der Waals surface area contributed by atoms with Crippen LogP contribution >= 0.6 is 11.6 Å². The third-order valence-electron chi connectivity index (χ3n) is 4.12. The van der Waals surface area contributed by atoms with E-state index in [-0.39, 0.29) is 17.4 Å². The molecular formula is C21H19ClFN3O. The lowest BCUT2D eigenvalue weighted by Gasteiger charge is -2.10. The van der Waals surface area contributed by atoms with Gasteiger partial charge in [-0.25, -0.2) is 4.39 Å².